The Labute approximate surface area is 111 Å². The van der Waals surface area contributed by atoms with Crippen LogP contribution in [0.1, 0.15) is 32.4 Å². The standard InChI is InChI=1S/C13H16ClFO3/c1-4-18-12(17)13(2,3)11(16)9-6-5-8(14)7-10(9)15/h5-7,11,16H,4H2,1-3H3. The first-order valence-corrected chi connectivity index (χ1v) is 5.98. The molecule has 0 aliphatic heterocycles. The molecule has 1 aromatic rings. The fraction of sp³-hybridized carbons (Fsp3) is 0.462. The average molecular weight is 275 g/mol. The Balaban J connectivity index is 3.05. The molecule has 100 valence electrons. The second-order valence-electron chi connectivity index (χ2n) is 4.51. The van der Waals surface area contributed by atoms with Gasteiger partial charge in [-0.25, -0.2) is 4.39 Å². The van der Waals surface area contributed by atoms with Crippen LogP contribution in [0.25, 0.3) is 0 Å². The van der Waals surface area contributed by atoms with E-state index >= 15 is 0 Å². The van der Waals surface area contributed by atoms with Crippen LogP contribution in [0, 0.1) is 11.2 Å². The summed E-state index contributed by atoms with van der Waals surface area (Å²) in [6, 6.07) is 3.93. The summed E-state index contributed by atoms with van der Waals surface area (Å²) in [5.41, 5.74) is -1.21. The van der Waals surface area contributed by atoms with E-state index in [9.17, 15) is 14.3 Å². The number of carbonyl (C=O) groups is 1. The van der Waals surface area contributed by atoms with Crippen molar-refractivity contribution in [3.63, 3.8) is 0 Å². The van der Waals surface area contributed by atoms with E-state index in [1.165, 1.54) is 26.0 Å². The molecule has 1 atom stereocenters. The third-order valence-electron chi connectivity index (χ3n) is 2.74. The molecule has 0 amide bonds. The average Bonchev–Trinajstić information content (AvgIpc) is 2.28. The lowest BCUT2D eigenvalue weighted by molar-refractivity contribution is -0.160. The second-order valence-corrected chi connectivity index (χ2v) is 4.95. The summed E-state index contributed by atoms with van der Waals surface area (Å²) in [5.74, 6) is -1.22. The summed E-state index contributed by atoms with van der Waals surface area (Å²) >= 11 is 5.63. The van der Waals surface area contributed by atoms with Crippen LogP contribution in [-0.2, 0) is 9.53 Å². The van der Waals surface area contributed by atoms with E-state index < -0.39 is 23.3 Å². The first-order chi connectivity index (χ1) is 8.30. The molecular weight excluding hydrogens is 259 g/mol. The molecular formula is C13H16ClFO3. The molecule has 0 radical (unpaired) electrons. The van der Waals surface area contributed by atoms with Crippen molar-refractivity contribution >= 4 is 17.6 Å². The fourth-order valence-corrected chi connectivity index (χ4v) is 1.70. The molecule has 5 heteroatoms. The Morgan fingerprint density at radius 1 is 1.56 bits per heavy atom. The lowest BCUT2D eigenvalue weighted by Crippen LogP contribution is -2.33. The number of carbonyl (C=O) groups excluding carboxylic acids is 1. The molecule has 0 aliphatic carbocycles. The summed E-state index contributed by atoms with van der Waals surface area (Å²) in [6.45, 7) is 4.88. The first-order valence-electron chi connectivity index (χ1n) is 5.61. The number of aliphatic hydroxyl groups excluding tert-OH is 1. The Bertz CT molecular complexity index is 446. The molecule has 3 nitrogen and oxygen atoms in total. The maximum Gasteiger partial charge on any atom is 0.314 e. The molecule has 1 aromatic carbocycles. The van der Waals surface area contributed by atoms with Crippen molar-refractivity contribution in [1.29, 1.82) is 0 Å². The number of hydrogen-bond donors (Lipinski definition) is 1. The number of halogens is 2. The number of aliphatic hydroxyl groups is 1. The Morgan fingerprint density at radius 2 is 2.17 bits per heavy atom. The van der Waals surface area contributed by atoms with E-state index in [-0.39, 0.29) is 17.2 Å². The van der Waals surface area contributed by atoms with Gasteiger partial charge in [0, 0.05) is 10.6 Å². The Hall–Kier alpha value is -1.13. The molecule has 1 N–H and O–H groups in total. The minimum Gasteiger partial charge on any atom is -0.465 e. The van der Waals surface area contributed by atoms with Gasteiger partial charge in [-0.1, -0.05) is 17.7 Å². The van der Waals surface area contributed by atoms with Gasteiger partial charge < -0.3 is 9.84 Å². The summed E-state index contributed by atoms with van der Waals surface area (Å²) < 4.78 is 18.5. The van der Waals surface area contributed by atoms with Crippen molar-refractivity contribution < 1.29 is 19.0 Å². The summed E-state index contributed by atoms with van der Waals surface area (Å²) in [6.07, 6.45) is -1.30. The van der Waals surface area contributed by atoms with Crippen molar-refractivity contribution in [3.8, 4) is 0 Å². The normalized spacial score (nSPS) is 13.2. The molecule has 0 spiro atoms. The molecule has 1 unspecified atom stereocenters. The van der Waals surface area contributed by atoms with E-state index in [0.29, 0.717) is 0 Å². The van der Waals surface area contributed by atoms with Gasteiger partial charge in [0.05, 0.1) is 18.1 Å². The minimum absolute atomic E-state index is 0.0254. The van der Waals surface area contributed by atoms with Crippen molar-refractivity contribution in [2.75, 3.05) is 6.61 Å². The van der Waals surface area contributed by atoms with Crippen molar-refractivity contribution in [2.24, 2.45) is 5.41 Å². The van der Waals surface area contributed by atoms with E-state index in [2.05, 4.69) is 0 Å². The van der Waals surface area contributed by atoms with Crippen LogP contribution in [0.4, 0.5) is 4.39 Å². The lowest BCUT2D eigenvalue weighted by atomic mass is 9.82. The van der Waals surface area contributed by atoms with Crippen LogP contribution in [0.5, 0.6) is 0 Å². The number of rotatable bonds is 4. The van der Waals surface area contributed by atoms with E-state index in [4.69, 9.17) is 16.3 Å². The summed E-state index contributed by atoms with van der Waals surface area (Å²) in [4.78, 5) is 11.7. The predicted molar refractivity (Wildman–Crippen MR) is 66.8 cm³/mol. The van der Waals surface area contributed by atoms with E-state index in [1.54, 1.807) is 6.92 Å². The summed E-state index contributed by atoms with van der Waals surface area (Å²) in [7, 11) is 0. The SMILES string of the molecule is CCOC(=O)C(C)(C)C(O)c1ccc(Cl)cc1F. The highest BCUT2D eigenvalue weighted by Gasteiger charge is 2.39. The van der Waals surface area contributed by atoms with Gasteiger partial charge in [-0.2, -0.15) is 0 Å². The van der Waals surface area contributed by atoms with Crippen LogP contribution >= 0.6 is 11.6 Å². The van der Waals surface area contributed by atoms with Crippen LogP contribution in [0.2, 0.25) is 5.02 Å². The van der Waals surface area contributed by atoms with Crippen molar-refractivity contribution in [3.05, 3.63) is 34.6 Å². The summed E-state index contributed by atoms with van der Waals surface area (Å²) in [5, 5.41) is 10.4. The van der Waals surface area contributed by atoms with Gasteiger partial charge in [-0.05, 0) is 32.9 Å². The molecule has 0 aliphatic rings. The fourth-order valence-electron chi connectivity index (χ4n) is 1.54. The third-order valence-corrected chi connectivity index (χ3v) is 2.98. The molecule has 18 heavy (non-hydrogen) atoms. The lowest BCUT2D eigenvalue weighted by Gasteiger charge is -2.28. The van der Waals surface area contributed by atoms with Gasteiger partial charge in [0.1, 0.15) is 5.82 Å². The molecule has 0 aromatic heterocycles. The topological polar surface area (TPSA) is 46.5 Å². The van der Waals surface area contributed by atoms with E-state index in [0.717, 1.165) is 6.07 Å². The van der Waals surface area contributed by atoms with Crippen LogP contribution in [0.3, 0.4) is 0 Å². The van der Waals surface area contributed by atoms with Gasteiger partial charge in [-0.15, -0.1) is 0 Å². The Morgan fingerprint density at radius 3 is 2.67 bits per heavy atom. The zero-order valence-corrected chi connectivity index (χ0v) is 11.3. The Kier molecular flexibility index (Phi) is 4.71. The maximum atomic E-state index is 13.7. The van der Waals surface area contributed by atoms with Gasteiger partial charge in [0.25, 0.3) is 0 Å². The van der Waals surface area contributed by atoms with Gasteiger partial charge >= 0.3 is 5.97 Å². The van der Waals surface area contributed by atoms with Crippen molar-refractivity contribution in [2.45, 2.75) is 26.9 Å². The molecule has 1 rings (SSSR count). The van der Waals surface area contributed by atoms with E-state index in [1.807, 2.05) is 0 Å². The van der Waals surface area contributed by atoms with Gasteiger partial charge in [0.15, 0.2) is 0 Å². The largest absolute Gasteiger partial charge is 0.465 e. The number of hydrogen-bond acceptors (Lipinski definition) is 3. The molecule has 0 bridgehead atoms. The molecule has 0 saturated heterocycles. The third kappa shape index (κ3) is 3.00. The predicted octanol–water partition coefficient (Wildman–Crippen LogP) is 3.10. The van der Waals surface area contributed by atoms with Crippen LogP contribution < -0.4 is 0 Å². The van der Waals surface area contributed by atoms with Crippen molar-refractivity contribution in [1.82, 2.24) is 0 Å². The van der Waals surface area contributed by atoms with Gasteiger partial charge in [0.2, 0.25) is 0 Å². The number of benzene rings is 1. The van der Waals surface area contributed by atoms with Crippen LogP contribution in [-0.4, -0.2) is 17.7 Å². The first kappa shape index (κ1) is 14.9. The number of esters is 1. The van der Waals surface area contributed by atoms with Crippen LogP contribution in [0.15, 0.2) is 18.2 Å². The monoisotopic (exact) mass is 274 g/mol. The zero-order valence-electron chi connectivity index (χ0n) is 10.5. The smallest absolute Gasteiger partial charge is 0.314 e. The highest BCUT2D eigenvalue weighted by atomic mass is 35.5. The highest BCUT2D eigenvalue weighted by molar-refractivity contribution is 6.30. The molecule has 0 heterocycles. The molecule has 0 fully saturated rings. The molecule has 0 saturated carbocycles. The number of ether oxygens (including phenoxy) is 1. The maximum absolute atomic E-state index is 13.7. The zero-order chi connectivity index (χ0) is 13.9. The quantitative estimate of drug-likeness (QED) is 0.858. The highest BCUT2D eigenvalue weighted by Crippen LogP contribution is 2.36. The minimum atomic E-state index is -1.30. The second kappa shape index (κ2) is 5.67. The van der Waals surface area contributed by atoms with Gasteiger partial charge in [-0.3, -0.25) is 4.79 Å².